The summed E-state index contributed by atoms with van der Waals surface area (Å²) in [7, 11) is 0. The maximum atomic E-state index is 5.46. The van der Waals surface area contributed by atoms with Crippen LogP contribution in [-0.2, 0) is 13.0 Å². The van der Waals surface area contributed by atoms with Crippen molar-refractivity contribution in [3.63, 3.8) is 0 Å². The van der Waals surface area contributed by atoms with Gasteiger partial charge in [0.1, 0.15) is 0 Å². The summed E-state index contributed by atoms with van der Waals surface area (Å²) in [6.45, 7) is 2.52. The molecule has 0 spiro atoms. The highest BCUT2D eigenvalue weighted by atomic mass is 16.5. The number of hydrogen-bond acceptors (Lipinski definition) is 4. The van der Waals surface area contributed by atoms with Crippen molar-refractivity contribution in [1.29, 1.82) is 0 Å². The molecule has 0 aliphatic heterocycles. The highest BCUT2D eigenvalue weighted by Crippen LogP contribution is 2.17. The van der Waals surface area contributed by atoms with Crippen LogP contribution in [0, 0.1) is 0 Å². The second-order valence-corrected chi connectivity index (χ2v) is 5.08. The van der Waals surface area contributed by atoms with Crippen LogP contribution < -0.4 is 5.73 Å². The van der Waals surface area contributed by atoms with Gasteiger partial charge in [-0.05, 0) is 18.4 Å². The van der Waals surface area contributed by atoms with Gasteiger partial charge >= 0.3 is 0 Å². The van der Waals surface area contributed by atoms with Crippen LogP contribution in [0.5, 0.6) is 0 Å². The summed E-state index contributed by atoms with van der Waals surface area (Å²) in [5, 5.41) is 3.92. The zero-order valence-corrected chi connectivity index (χ0v) is 12.1. The Morgan fingerprint density at radius 3 is 2.45 bits per heavy atom. The van der Waals surface area contributed by atoms with Gasteiger partial charge < -0.3 is 10.3 Å². The van der Waals surface area contributed by atoms with E-state index < -0.39 is 0 Å². The lowest BCUT2D eigenvalue weighted by atomic mass is 10.0. The molecular formula is C16H23N3O. The molecular weight excluding hydrogens is 250 g/mol. The molecule has 0 radical (unpaired) electrons. The minimum absolute atomic E-state index is 0.281. The van der Waals surface area contributed by atoms with Gasteiger partial charge in [0.15, 0.2) is 0 Å². The first-order valence-corrected chi connectivity index (χ1v) is 7.45. The normalized spacial score (nSPS) is 10.9. The molecule has 0 bridgehead atoms. The molecule has 108 valence electrons. The Labute approximate surface area is 120 Å². The zero-order chi connectivity index (χ0) is 14.2. The topological polar surface area (TPSA) is 64.9 Å². The summed E-state index contributed by atoms with van der Waals surface area (Å²) in [4.78, 5) is 4.22. The molecule has 0 atom stereocenters. The Hall–Kier alpha value is -1.68. The number of aryl methyl sites for hydroxylation is 1. The number of benzene rings is 1. The van der Waals surface area contributed by atoms with Gasteiger partial charge in [0.2, 0.25) is 11.7 Å². The van der Waals surface area contributed by atoms with Gasteiger partial charge in [0.05, 0.1) is 6.54 Å². The first kappa shape index (κ1) is 14.7. The van der Waals surface area contributed by atoms with Crippen molar-refractivity contribution in [3.8, 4) is 11.4 Å². The average Bonchev–Trinajstić information content (AvgIpc) is 2.97. The maximum Gasteiger partial charge on any atom is 0.240 e. The van der Waals surface area contributed by atoms with E-state index in [9.17, 15) is 0 Å². The van der Waals surface area contributed by atoms with E-state index in [0.717, 1.165) is 12.0 Å². The van der Waals surface area contributed by atoms with Crippen LogP contribution >= 0.6 is 0 Å². The minimum atomic E-state index is 0.281. The Morgan fingerprint density at radius 1 is 1.05 bits per heavy atom. The van der Waals surface area contributed by atoms with Crippen molar-refractivity contribution in [2.45, 2.75) is 52.0 Å². The quantitative estimate of drug-likeness (QED) is 0.745. The Bertz CT molecular complexity index is 505. The first-order valence-electron chi connectivity index (χ1n) is 7.45. The van der Waals surface area contributed by atoms with Crippen LogP contribution in [-0.4, -0.2) is 10.1 Å². The van der Waals surface area contributed by atoms with E-state index in [1.54, 1.807) is 0 Å². The van der Waals surface area contributed by atoms with E-state index >= 15 is 0 Å². The van der Waals surface area contributed by atoms with Crippen LogP contribution in [0.1, 0.15) is 50.5 Å². The Balaban J connectivity index is 1.86. The number of unbranched alkanes of at least 4 members (excludes halogenated alkanes) is 4. The van der Waals surface area contributed by atoms with Crippen LogP contribution in [0.25, 0.3) is 11.4 Å². The fourth-order valence-electron chi connectivity index (χ4n) is 2.21. The van der Waals surface area contributed by atoms with Crippen molar-refractivity contribution in [1.82, 2.24) is 10.1 Å². The Kier molecular flexibility index (Phi) is 5.74. The van der Waals surface area contributed by atoms with Gasteiger partial charge in [-0.15, -0.1) is 0 Å². The SMILES string of the molecule is CCCCCCCc1ccc(-c2noc(CN)n2)cc1. The molecule has 0 aliphatic rings. The number of nitrogens with zero attached hydrogens (tertiary/aromatic N) is 2. The summed E-state index contributed by atoms with van der Waals surface area (Å²) in [5.41, 5.74) is 7.80. The van der Waals surface area contributed by atoms with Crippen LogP contribution in [0.2, 0.25) is 0 Å². The molecule has 2 N–H and O–H groups in total. The lowest BCUT2D eigenvalue weighted by Crippen LogP contribution is -1.95. The molecule has 2 rings (SSSR count). The third kappa shape index (κ3) is 4.17. The number of aromatic nitrogens is 2. The minimum Gasteiger partial charge on any atom is -0.338 e. The summed E-state index contributed by atoms with van der Waals surface area (Å²) < 4.78 is 5.01. The van der Waals surface area contributed by atoms with Gasteiger partial charge in [0, 0.05) is 5.56 Å². The molecule has 1 aromatic carbocycles. The van der Waals surface area contributed by atoms with E-state index in [0.29, 0.717) is 11.7 Å². The highest BCUT2D eigenvalue weighted by Gasteiger charge is 2.06. The second-order valence-electron chi connectivity index (χ2n) is 5.08. The van der Waals surface area contributed by atoms with Gasteiger partial charge in [-0.3, -0.25) is 0 Å². The first-order chi connectivity index (χ1) is 9.83. The molecule has 2 aromatic rings. The number of nitrogens with two attached hydrogens (primary N) is 1. The standard InChI is InChI=1S/C16H23N3O/c1-2-3-4-5-6-7-13-8-10-14(11-9-13)16-18-15(12-17)20-19-16/h8-11H,2-7,12,17H2,1H3. The summed E-state index contributed by atoms with van der Waals surface area (Å²) >= 11 is 0. The van der Waals surface area contributed by atoms with Crippen LogP contribution in [0.4, 0.5) is 0 Å². The van der Waals surface area contributed by atoms with Gasteiger partial charge in [0.25, 0.3) is 0 Å². The van der Waals surface area contributed by atoms with E-state index in [-0.39, 0.29) is 6.54 Å². The average molecular weight is 273 g/mol. The van der Waals surface area contributed by atoms with Gasteiger partial charge in [-0.2, -0.15) is 4.98 Å². The van der Waals surface area contributed by atoms with Crippen molar-refractivity contribution in [2.75, 3.05) is 0 Å². The fraction of sp³-hybridized carbons (Fsp3) is 0.500. The molecule has 20 heavy (non-hydrogen) atoms. The molecule has 0 unspecified atom stereocenters. The molecule has 1 aromatic heterocycles. The largest absolute Gasteiger partial charge is 0.338 e. The highest BCUT2D eigenvalue weighted by molar-refractivity contribution is 5.54. The van der Waals surface area contributed by atoms with Crippen molar-refractivity contribution >= 4 is 0 Å². The summed E-state index contributed by atoms with van der Waals surface area (Å²) in [5.74, 6) is 1.08. The van der Waals surface area contributed by atoms with E-state index in [2.05, 4.69) is 29.2 Å². The van der Waals surface area contributed by atoms with Crippen LogP contribution in [0.3, 0.4) is 0 Å². The van der Waals surface area contributed by atoms with Crippen molar-refractivity contribution in [3.05, 3.63) is 35.7 Å². The van der Waals surface area contributed by atoms with Crippen LogP contribution in [0.15, 0.2) is 28.8 Å². The molecule has 4 nitrogen and oxygen atoms in total. The third-order valence-corrected chi connectivity index (χ3v) is 3.42. The lowest BCUT2D eigenvalue weighted by molar-refractivity contribution is 0.380. The van der Waals surface area contributed by atoms with E-state index in [1.807, 2.05) is 12.1 Å². The molecule has 0 saturated carbocycles. The molecule has 4 heteroatoms. The summed E-state index contributed by atoms with van der Waals surface area (Å²) in [6, 6.07) is 8.39. The predicted octanol–water partition coefficient (Wildman–Crippen LogP) is 3.71. The molecule has 0 fully saturated rings. The van der Waals surface area contributed by atoms with Crippen molar-refractivity contribution in [2.24, 2.45) is 5.73 Å². The molecule has 0 aliphatic carbocycles. The Morgan fingerprint density at radius 2 is 1.80 bits per heavy atom. The summed E-state index contributed by atoms with van der Waals surface area (Å²) in [6.07, 6.45) is 7.72. The number of hydrogen-bond donors (Lipinski definition) is 1. The van der Waals surface area contributed by atoms with E-state index in [1.165, 1.54) is 37.7 Å². The predicted molar refractivity (Wildman–Crippen MR) is 80.1 cm³/mol. The molecule has 0 amide bonds. The maximum absolute atomic E-state index is 5.46. The second kappa shape index (κ2) is 7.80. The van der Waals surface area contributed by atoms with Crippen molar-refractivity contribution < 1.29 is 4.52 Å². The number of rotatable bonds is 8. The monoisotopic (exact) mass is 273 g/mol. The lowest BCUT2D eigenvalue weighted by Gasteiger charge is -2.02. The molecule has 1 heterocycles. The third-order valence-electron chi connectivity index (χ3n) is 3.42. The molecule has 0 saturated heterocycles. The smallest absolute Gasteiger partial charge is 0.240 e. The fourth-order valence-corrected chi connectivity index (χ4v) is 2.21. The van der Waals surface area contributed by atoms with Gasteiger partial charge in [-0.1, -0.05) is 62.0 Å². The van der Waals surface area contributed by atoms with Gasteiger partial charge in [-0.25, -0.2) is 0 Å². The zero-order valence-electron chi connectivity index (χ0n) is 12.1. The van der Waals surface area contributed by atoms with E-state index in [4.69, 9.17) is 10.3 Å².